The molecule has 0 aromatic carbocycles. The molecule has 2 aliphatic rings. The van der Waals surface area contributed by atoms with Gasteiger partial charge in [0.1, 0.15) is 5.82 Å². The smallest absolute Gasteiger partial charge is 0.323 e. The van der Waals surface area contributed by atoms with E-state index in [1.807, 2.05) is 23.1 Å². The molecule has 2 saturated heterocycles. The summed E-state index contributed by atoms with van der Waals surface area (Å²) in [4.78, 5) is 20.8. The molecule has 3 rings (SSSR count). The Balaban J connectivity index is 1.49. The second kappa shape index (κ2) is 6.22. The molecule has 0 atom stereocenters. The van der Waals surface area contributed by atoms with Crippen LogP contribution in [-0.2, 0) is 0 Å². The molecule has 0 saturated carbocycles. The minimum absolute atomic E-state index is 0.0245. The zero-order chi connectivity index (χ0) is 13.8. The summed E-state index contributed by atoms with van der Waals surface area (Å²) in [5.41, 5.74) is 0. The van der Waals surface area contributed by atoms with E-state index in [4.69, 9.17) is 0 Å². The first kappa shape index (κ1) is 13.4. The van der Waals surface area contributed by atoms with Gasteiger partial charge in [-0.25, -0.2) is 9.78 Å². The minimum atomic E-state index is -0.0245. The Labute approximate surface area is 120 Å². The van der Waals surface area contributed by atoms with Gasteiger partial charge in [0.25, 0.3) is 0 Å². The Kier molecular flexibility index (Phi) is 4.16. The predicted molar refractivity (Wildman–Crippen MR) is 78.7 cm³/mol. The summed E-state index contributed by atoms with van der Waals surface area (Å²) in [5, 5.41) is 2.86. The zero-order valence-electron chi connectivity index (χ0n) is 11.8. The molecular formula is C15H22N4O. The molecule has 5 heteroatoms. The number of nitrogens with one attached hydrogen (secondary N) is 1. The third kappa shape index (κ3) is 3.10. The Bertz CT molecular complexity index is 436. The number of carbonyl (C=O) groups excluding carboxylic acids is 1. The summed E-state index contributed by atoms with van der Waals surface area (Å²) < 4.78 is 0. The first-order chi connectivity index (χ1) is 9.83. The van der Waals surface area contributed by atoms with Gasteiger partial charge in [0, 0.05) is 25.3 Å². The summed E-state index contributed by atoms with van der Waals surface area (Å²) in [6.45, 7) is 4.18. The predicted octanol–water partition coefficient (Wildman–Crippen LogP) is 2.17. The van der Waals surface area contributed by atoms with E-state index in [2.05, 4.69) is 15.2 Å². The highest BCUT2D eigenvalue weighted by Crippen LogP contribution is 2.21. The summed E-state index contributed by atoms with van der Waals surface area (Å²) in [6.07, 6.45) is 6.54. The first-order valence-electron chi connectivity index (χ1n) is 7.54. The molecule has 2 amide bonds. The number of anilines is 1. The average molecular weight is 274 g/mol. The summed E-state index contributed by atoms with van der Waals surface area (Å²) in [6, 6.07) is 6.19. The number of aromatic nitrogens is 1. The number of nitrogens with zero attached hydrogens (tertiary/aromatic N) is 3. The average Bonchev–Trinajstić information content (AvgIpc) is 3.03. The van der Waals surface area contributed by atoms with Gasteiger partial charge in [-0.15, -0.1) is 0 Å². The zero-order valence-corrected chi connectivity index (χ0v) is 11.8. The van der Waals surface area contributed by atoms with Gasteiger partial charge in [0.15, 0.2) is 0 Å². The van der Waals surface area contributed by atoms with Crippen molar-refractivity contribution in [3.63, 3.8) is 0 Å². The molecule has 20 heavy (non-hydrogen) atoms. The van der Waals surface area contributed by atoms with Crippen molar-refractivity contribution in [2.75, 3.05) is 31.5 Å². The number of hydrogen-bond donors (Lipinski definition) is 1. The van der Waals surface area contributed by atoms with Gasteiger partial charge in [-0.2, -0.15) is 0 Å². The molecule has 0 aliphatic carbocycles. The molecule has 2 aliphatic heterocycles. The number of urea groups is 1. The van der Waals surface area contributed by atoms with Gasteiger partial charge in [-0.3, -0.25) is 5.32 Å². The number of likely N-dealkylation sites (tertiary alicyclic amines) is 2. The lowest BCUT2D eigenvalue weighted by molar-refractivity contribution is 0.140. The van der Waals surface area contributed by atoms with Gasteiger partial charge >= 0.3 is 6.03 Å². The van der Waals surface area contributed by atoms with Crippen LogP contribution in [0.15, 0.2) is 24.4 Å². The second-order valence-electron chi connectivity index (χ2n) is 5.61. The van der Waals surface area contributed by atoms with Crippen LogP contribution in [0.1, 0.15) is 25.7 Å². The van der Waals surface area contributed by atoms with Crippen LogP contribution < -0.4 is 5.32 Å². The van der Waals surface area contributed by atoms with Crippen molar-refractivity contribution in [1.82, 2.24) is 14.8 Å². The molecule has 1 aromatic rings. The number of hydrogen-bond acceptors (Lipinski definition) is 3. The lowest BCUT2D eigenvalue weighted by atomic mass is 10.0. The Morgan fingerprint density at radius 1 is 1.15 bits per heavy atom. The molecule has 2 fully saturated rings. The highest BCUT2D eigenvalue weighted by molar-refractivity contribution is 5.88. The van der Waals surface area contributed by atoms with E-state index in [1.54, 1.807) is 6.20 Å². The van der Waals surface area contributed by atoms with E-state index in [0.29, 0.717) is 11.9 Å². The van der Waals surface area contributed by atoms with Crippen LogP contribution in [0.3, 0.4) is 0 Å². The number of pyridine rings is 1. The maximum atomic E-state index is 12.2. The topological polar surface area (TPSA) is 48.5 Å². The number of amides is 2. The molecule has 0 unspecified atom stereocenters. The maximum Gasteiger partial charge on any atom is 0.323 e. The quantitative estimate of drug-likeness (QED) is 0.899. The van der Waals surface area contributed by atoms with E-state index < -0.39 is 0 Å². The second-order valence-corrected chi connectivity index (χ2v) is 5.61. The molecule has 0 radical (unpaired) electrons. The molecule has 0 bridgehead atoms. The van der Waals surface area contributed by atoms with Crippen molar-refractivity contribution in [3.8, 4) is 0 Å². The summed E-state index contributed by atoms with van der Waals surface area (Å²) >= 11 is 0. The van der Waals surface area contributed by atoms with Gasteiger partial charge in [-0.1, -0.05) is 6.07 Å². The van der Waals surface area contributed by atoms with Gasteiger partial charge in [0.2, 0.25) is 0 Å². The van der Waals surface area contributed by atoms with Crippen molar-refractivity contribution in [3.05, 3.63) is 24.4 Å². The van der Waals surface area contributed by atoms with Crippen LogP contribution in [0.5, 0.6) is 0 Å². The van der Waals surface area contributed by atoms with Crippen molar-refractivity contribution >= 4 is 11.8 Å². The van der Waals surface area contributed by atoms with Gasteiger partial charge in [0.05, 0.1) is 0 Å². The number of carbonyl (C=O) groups is 1. The molecule has 108 valence electrons. The van der Waals surface area contributed by atoms with E-state index in [9.17, 15) is 4.79 Å². The maximum absolute atomic E-state index is 12.2. The highest BCUT2D eigenvalue weighted by Gasteiger charge is 2.28. The van der Waals surface area contributed by atoms with Crippen molar-refractivity contribution < 1.29 is 4.79 Å². The highest BCUT2D eigenvalue weighted by atomic mass is 16.2. The van der Waals surface area contributed by atoms with Gasteiger partial charge < -0.3 is 9.80 Å². The normalized spacial score (nSPS) is 21.1. The fraction of sp³-hybridized carbons (Fsp3) is 0.600. The van der Waals surface area contributed by atoms with E-state index >= 15 is 0 Å². The third-order valence-corrected chi connectivity index (χ3v) is 4.31. The van der Waals surface area contributed by atoms with Crippen LogP contribution in [0.4, 0.5) is 10.6 Å². The van der Waals surface area contributed by atoms with Crippen molar-refractivity contribution in [1.29, 1.82) is 0 Å². The summed E-state index contributed by atoms with van der Waals surface area (Å²) in [5.74, 6) is 0.624. The third-order valence-electron chi connectivity index (χ3n) is 4.31. The summed E-state index contributed by atoms with van der Waals surface area (Å²) in [7, 11) is 0. The molecule has 5 nitrogen and oxygen atoms in total. The molecule has 1 N–H and O–H groups in total. The van der Waals surface area contributed by atoms with Crippen molar-refractivity contribution in [2.45, 2.75) is 31.7 Å². The minimum Gasteiger partial charge on any atom is -0.324 e. The number of piperidine rings is 1. The SMILES string of the molecule is O=C(Nc1ccccn1)N1CCC(N2CCCC2)CC1. The van der Waals surface area contributed by atoms with E-state index in [-0.39, 0.29) is 6.03 Å². The Hall–Kier alpha value is -1.62. The lowest BCUT2D eigenvalue weighted by Crippen LogP contribution is -2.47. The van der Waals surface area contributed by atoms with Crippen molar-refractivity contribution in [2.24, 2.45) is 0 Å². The Morgan fingerprint density at radius 3 is 2.55 bits per heavy atom. The van der Waals surface area contributed by atoms with Crippen LogP contribution in [0, 0.1) is 0 Å². The van der Waals surface area contributed by atoms with Crippen LogP contribution >= 0.6 is 0 Å². The number of rotatable bonds is 2. The van der Waals surface area contributed by atoms with E-state index in [1.165, 1.54) is 25.9 Å². The molecule has 3 heterocycles. The Morgan fingerprint density at radius 2 is 1.90 bits per heavy atom. The van der Waals surface area contributed by atoms with Gasteiger partial charge in [-0.05, 0) is 50.9 Å². The molecular weight excluding hydrogens is 252 g/mol. The van der Waals surface area contributed by atoms with Crippen LogP contribution in [0.2, 0.25) is 0 Å². The molecule has 1 aromatic heterocycles. The largest absolute Gasteiger partial charge is 0.324 e. The van der Waals surface area contributed by atoms with Crippen LogP contribution in [-0.4, -0.2) is 53.0 Å². The monoisotopic (exact) mass is 274 g/mol. The molecule has 0 spiro atoms. The fourth-order valence-electron chi connectivity index (χ4n) is 3.17. The standard InChI is InChI=1S/C15H22N4O/c20-15(17-14-5-1-2-8-16-14)19-11-6-13(7-12-19)18-9-3-4-10-18/h1-2,5,8,13H,3-4,6-7,9-12H2,(H,16,17,20). The van der Waals surface area contributed by atoms with Crippen LogP contribution in [0.25, 0.3) is 0 Å². The first-order valence-corrected chi connectivity index (χ1v) is 7.54. The van der Waals surface area contributed by atoms with E-state index in [0.717, 1.165) is 25.9 Å². The lowest BCUT2D eigenvalue weighted by Gasteiger charge is -2.36. The fourth-order valence-corrected chi connectivity index (χ4v) is 3.17.